The molecule has 2 aromatic heterocycles. The molecule has 0 bridgehead atoms. The van der Waals surface area contributed by atoms with Crippen LogP contribution in [0.4, 0.5) is 5.82 Å². The topological polar surface area (TPSA) is 85.1 Å². The van der Waals surface area contributed by atoms with Gasteiger partial charge >= 0.3 is 5.97 Å². The molecule has 8 nitrogen and oxygen atoms in total. The van der Waals surface area contributed by atoms with Gasteiger partial charge in [-0.05, 0) is 31.2 Å². The SMILES string of the molecule is Cc1ccc(CN(C)C(=O)COC(=O)c2ccc(N3CCOCC3)nc2)o1. The van der Waals surface area contributed by atoms with Crippen LogP contribution >= 0.6 is 0 Å². The minimum absolute atomic E-state index is 0.309. The summed E-state index contributed by atoms with van der Waals surface area (Å²) in [6, 6.07) is 7.07. The Balaban J connectivity index is 1.48. The molecule has 1 amide bonds. The van der Waals surface area contributed by atoms with Crippen LogP contribution in [0.15, 0.2) is 34.9 Å². The predicted molar refractivity (Wildman–Crippen MR) is 97.5 cm³/mol. The van der Waals surface area contributed by atoms with E-state index in [0.717, 1.165) is 24.7 Å². The Kier molecular flexibility index (Phi) is 6.08. The molecule has 0 saturated carbocycles. The molecule has 1 aliphatic heterocycles. The first-order chi connectivity index (χ1) is 13.0. The predicted octanol–water partition coefficient (Wildman–Crippen LogP) is 1.64. The number of nitrogens with zero attached hydrogens (tertiary/aromatic N) is 3. The Morgan fingerprint density at radius 1 is 1.22 bits per heavy atom. The lowest BCUT2D eigenvalue weighted by atomic mass is 10.2. The van der Waals surface area contributed by atoms with Crippen molar-refractivity contribution in [2.45, 2.75) is 13.5 Å². The molecule has 27 heavy (non-hydrogen) atoms. The highest BCUT2D eigenvalue weighted by atomic mass is 16.5. The van der Waals surface area contributed by atoms with Gasteiger partial charge in [0.05, 0.1) is 25.3 Å². The van der Waals surface area contributed by atoms with Crippen LogP contribution in [0.1, 0.15) is 21.9 Å². The molecule has 8 heteroatoms. The van der Waals surface area contributed by atoms with Gasteiger partial charge in [0.25, 0.3) is 5.91 Å². The summed E-state index contributed by atoms with van der Waals surface area (Å²) in [7, 11) is 1.63. The van der Waals surface area contributed by atoms with Crippen LogP contribution in [-0.2, 0) is 20.8 Å². The van der Waals surface area contributed by atoms with Crippen LogP contribution in [0.25, 0.3) is 0 Å². The third-order valence-corrected chi connectivity index (χ3v) is 4.26. The normalized spacial score (nSPS) is 14.1. The Bertz CT molecular complexity index is 781. The van der Waals surface area contributed by atoms with E-state index < -0.39 is 5.97 Å². The molecule has 0 unspecified atom stereocenters. The first-order valence-electron chi connectivity index (χ1n) is 8.78. The highest BCUT2D eigenvalue weighted by Gasteiger charge is 2.17. The number of furan rings is 1. The van der Waals surface area contributed by atoms with Gasteiger partial charge in [-0.3, -0.25) is 4.79 Å². The zero-order chi connectivity index (χ0) is 19.2. The quantitative estimate of drug-likeness (QED) is 0.712. The molecule has 0 radical (unpaired) electrons. The monoisotopic (exact) mass is 373 g/mol. The number of likely N-dealkylation sites (N-methyl/N-ethyl adjacent to an activating group) is 1. The summed E-state index contributed by atoms with van der Waals surface area (Å²) in [6.07, 6.45) is 1.47. The number of carbonyl (C=O) groups is 2. The first kappa shape index (κ1) is 18.9. The van der Waals surface area contributed by atoms with Crippen LogP contribution in [-0.4, -0.2) is 61.7 Å². The molecule has 1 fully saturated rings. The first-order valence-corrected chi connectivity index (χ1v) is 8.78. The largest absolute Gasteiger partial charge is 0.464 e. The van der Waals surface area contributed by atoms with E-state index in [4.69, 9.17) is 13.9 Å². The van der Waals surface area contributed by atoms with Crippen LogP contribution in [0.3, 0.4) is 0 Å². The Labute approximate surface area is 157 Å². The molecule has 144 valence electrons. The number of rotatable bonds is 6. The minimum atomic E-state index is -0.577. The maximum Gasteiger partial charge on any atom is 0.340 e. The van der Waals surface area contributed by atoms with Crippen LogP contribution in [0.2, 0.25) is 0 Å². The summed E-state index contributed by atoms with van der Waals surface area (Å²) in [5, 5.41) is 0. The van der Waals surface area contributed by atoms with Crippen molar-refractivity contribution in [1.82, 2.24) is 9.88 Å². The number of carbonyl (C=O) groups excluding carboxylic acids is 2. The van der Waals surface area contributed by atoms with Gasteiger partial charge in [0, 0.05) is 26.3 Å². The number of esters is 1. The van der Waals surface area contributed by atoms with Crippen molar-refractivity contribution in [1.29, 1.82) is 0 Å². The van der Waals surface area contributed by atoms with E-state index in [1.165, 1.54) is 11.1 Å². The maximum atomic E-state index is 12.1. The van der Waals surface area contributed by atoms with Crippen molar-refractivity contribution < 1.29 is 23.5 Å². The van der Waals surface area contributed by atoms with Gasteiger partial charge in [0.1, 0.15) is 17.3 Å². The fourth-order valence-corrected chi connectivity index (χ4v) is 2.70. The average Bonchev–Trinajstić information content (AvgIpc) is 3.11. The van der Waals surface area contributed by atoms with Gasteiger partial charge in [-0.15, -0.1) is 0 Å². The van der Waals surface area contributed by atoms with E-state index in [2.05, 4.69) is 9.88 Å². The summed E-state index contributed by atoms with van der Waals surface area (Å²) in [5.41, 5.74) is 0.309. The molecule has 0 atom stereocenters. The lowest BCUT2D eigenvalue weighted by Gasteiger charge is -2.27. The van der Waals surface area contributed by atoms with E-state index in [9.17, 15) is 9.59 Å². The second-order valence-electron chi connectivity index (χ2n) is 6.34. The highest BCUT2D eigenvalue weighted by Crippen LogP contribution is 2.14. The minimum Gasteiger partial charge on any atom is -0.464 e. The summed E-state index contributed by atoms with van der Waals surface area (Å²) in [5.74, 6) is 1.37. The van der Waals surface area contributed by atoms with Crippen molar-refractivity contribution in [3.05, 3.63) is 47.5 Å². The molecule has 0 N–H and O–H groups in total. The number of anilines is 1. The molecule has 0 spiro atoms. The number of hydrogen-bond donors (Lipinski definition) is 0. The molecule has 3 heterocycles. The van der Waals surface area contributed by atoms with Crippen molar-refractivity contribution in [3.8, 4) is 0 Å². The Hall–Kier alpha value is -2.87. The number of aromatic nitrogens is 1. The standard InChI is InChI=1S/C19H23N3O5/c1-14-3-5-16(27-14)12-21(2)18(23)13-26-19(24)15-4-6-17(20-11-15)22-7-9-25-10-8-22/h3-6,11H,7-10,12-13H2,1-2H3. The molecule has 1 aliphatic rings. The zero-order valence-electron chi connectivity index (χ0n) is 15.5. The van der Waals surface area contributed by atoms with Gasteiger partial charge in [0.15, 0.2) is 6.61 Å². The van der Waals surface area contributed by atoms with E-state index in [-0.39, 0.29) is 12.5 Å². The number of aryl methyl sites for hydroxylation is 1. The van der Waals surface area contributed by atoms with E-state index in [1.54, 1.807) is 19.2 Å². The smallest absolute Gasteiger partial charge is 0.340 e. The fourth-order valence-electron chi connectivity index (χ4n) is 2.70. The summed E-state index contributed by atoms with van der Waals surface area (Å²) in [6.45, 7) is 4.70. The van der Waals surface area contributed by atoms with Gasteiger partial charge in [-0.2, -0.15) is 0 Å². The van der Waals surface area contributed by atoms with Gasteiger partial charge in [-0.25, -0.2) is 9.78 Å². The molecular formula is C19H23N3O5. The molecule has 1 saturated heterocycles. The average molecular weight is 373 g/mol. The maximum absolute atomic E-state index is 12.1. The van der Waals surface area contributed by atoms with Crippen molar-refractivity contribution in [3.63, 3.8) is 0 Å². The molecule has 0 aromatic carbocycles. The van der Waals surface area contributed by atoms with Crippen molar-refractivity contribution in [2.24, 2.45) is 0 Å². The van der Waals surface area contributed by atoms with Crippen LogP contribution in [0.5, 0.6) is 0 Å². The zero-order valence-corrected chi connectivity index (χ0v) is 15.5. The summed E-state index contributed by atoms with van der Waals surface area (Å²) in [4.78, 5) is 32.1. The Morgan fingerprint density at radius 3 is 2.63 bits per heavy atom. The van der Waals surface area contributed by atoms with Gasteiger partial charge < -0.3 is 23.7 Å². The van der Waals surface area contributed by atoms with Crippen LogP contribution in [0, 0.1) is 6.92 Å². The number of ether oxygens (including phenoxy) is 2. The van der Waals surface area contributed by atoms with Crippen molar-refractivity contribution >= 4 is 17.7 Å². The lowest BCUT2D eigenvalue weighted by molar-refractivity contribution is -0.134. The Morgan fingerprint density at radius 2 is 2.00 bits per heavy atom. The number of amides is 1. The van der Waals surface area contributed by atoms with Crippen molar-refractivity contribution in [2.75, 3.05) is 44.9 Å². The van der Waals surface area contributed by atoms with E-state index >= 15 is 0 Å². The second kappa shape index (κ2) is 8.68. The summed E-state index contributed by atoms with van der Waals surface area (Å²) >= 11 is 0. The van der Waals surface area contributed by atoms with E-state index in [1.807, 2.05) is 19.1 Å². The second-order valence-corrected chi connectivity index (χ2v) is 6.34. The van der Waals surface area contributed by atoms with Crippen LogP contribution < -0.4 is 4.90 Å². The van der Waals surface area contributed by atoms with Gasteiger partial charge in [-0.1, -0.05) is 0 Å². The third kappa shape index (κ3) is 5.07. The third-order valence-electron chi connectivity index (χ3n) is 4.26. The number of hydrogen-bond acceptors (Lipinski definition) is 7. The van der Waals surface area contributed by atoms with Gasteiger partial charge in [0.2, 0.25) is 0 Å². The highest BCUT2D eigenvalue weighted by molar-refractivity contribution is 5.91. The molecule has 3 rings (SSSR count). The molecule has 0 aliphatic carbocycles. The number of morpholine rings is 1. The van der Waals surface area contributed by atoms with E-state index in [0.29, 0.717) is 31.1 Å². The molecular weight excluding hydrogens is 350 g/mol. The number of pyridine rings is 1. The lowest BCUT2D eigenvalue weighted by Crippen LogP contribution is -2.36. The summed E-state index contributed by atoms with van der Waals surface area (Å²) < 4.78 is 15.9. The fraction of sp³-hybridized carbons (Fsp3) is 0.421. The molecule has 2 aromatic rings.